The molecule has 0 amide bonds. The zero-order chi connectivity index (χ0) is 9.10. The molecular formula is C8H7NO2S2. The van der Waals surface area contributed by atoms with Gasteiger partial charge in [0.25, 0.3) is 5.22 Å². The number of hydrogen-bond donors (Lipinski definition) is 1. The topological polar surface area (TPSA) is 46.3 Å². The van der Waals surface area contributed by atoms with Crippen molar-refractivity contribution in [3.8, 4) is 0 Å². The summed E-state index contributed by atoms with van der Waals surface area (Å²) >= 11 is 3.00. The Morgan fingerprint density at radius 3 is 3.08 bits per heavy atom. The van der Waals surface area contributed by atoms with Gasteiger partial charge in [-0.05, 0) is 23.9 Å². The van der Waals surface area contributed by atoms with Crippen molar-refractivity contribution in [2.24, 2.45) is 0 Å². The van der Waals surface area contributed by atoms with Crippen LogP contribution in [0.15, 0.2) is 38.4 Å². The van der Waals surface area contributed by atoms with E-state index in [9.17, 15) is 0 Å². The van der Waals surface area contributed by atoms with Crippen molar-refractivity contribution in [3.05, 3.63) is 29.5 Å². The highest BCUT2D eigenvalue weighted by molar-refractivity contribution is 8.00. The van der Waals surface area contributed by atoms with Crippen molar-refractivity contribution in [1.82, 2.24) is 4.98 Å². The summed E-state index contributed by atoms with van der Waals surface area (Å²) in [5.74, 6) is 0. The third kappa shape index (κ3) is 2.12. The van der Waals surface area contributed by atoms with Crippen LogP contribution in [0.3, 0.4) is 0 Å². The monoisotopic (exact) mass is 213 g/mol. The van der Waals surface area contributed by atoms with Crippen LogP contribution in [0.2, 0.25) is 0 Å². The molecule has 0 bridgehead atoms. The Labute approximate surface area is 83.4 Å². The van der Waals surface area contributed by atoms with Crippen molar-refractivity contribution < 1.29 is 9.52 Å². The van der Waals surface area contributed by atoms with E-state index >= 15 is 0 Å². The van der Waals surface area contributed by atoms with Crippen LogP contribution in [0, 0.1) is 0 Å². The second-order valence-corrected chi connectivity index (χ2v) is 4.70. The number of nitrogens with zero attached hydrogens (tertiary/aromatic N) is 1. The molecule has 0 unspecified atom stereocenters. The second kappa shape index (κ2) is 3.95. The molecule has 3 nitrogen and oxygen atoms in total. The summed E-state index contributed by atoms with van der Waals surface area (Å²) in [5.41, 5.74) is 0. The van der Waals surface area contributed by atoms with Crippen LogP contribution in [-0.2, 0) is 6.61 Å². The summed E-state index contributed by atoms with van der Waals surface area (Å²) in [4.78, 5) is 4.94. The van der Waals surface area contributed by atoms with Crippen molar-refractivity contribution in [2.75, 3.05) is 0 Å². The highest BCUT2D eigenvalue weighted by Crippen LogP contribution is 2.32. The maximum Gasteiger partial charge on any atom is 0.261 e. The van der Waals surface area contributed by atoms with E-state index in [0.717, 1.165) is 9.09 Å². The third-order valence-corrected chi connectivity index (χ3v) is 3.47. The van der Waals surface area contributed by atoms with Crippen molar-refractivity contribution >= 4 is 23.1 Å². The van der Waals surface area contributed by atoms with Crippen LogP contribution in [0.1, 0.15) is 4.88 Å². The zero-order valence-corrected chi connectivity index (χ0v) is 8.27. The molecule has 0 aromatic carbocycles. The fraction of sp³-hybridized carbons (Fsp3) is 0.125. The van der Waals surface area contributed by atoms with Crippen LogP contribution >= 0.6 is 23.1 Å². The molecule has 0 aliphatic heterocycles. The lowest BCUT2D eigenvalue weighted by Gasteiger charge is -1.88. The quantitative estimate of drug-likeness (QED) is 0.850. The molecule has 68 valence electrons. The lowest BCUT2D eigenvalue weighted by Crippen LogP contribution is -1.70. The molecule has 0 aliphatic rings. The molecular weight excluding hydrogens is 206 g/mol. The Bertz CT molecular complexity index is 369. The van der Waals surface area contributed by atoms with Gasteiger partial charge in [0.15, 0.2) is 0 Å². The minimum absolute atomic E-state index is 0.0941. The molecule has 0 fully saturated rings. The SMILES string of the molecule is OCc1ccc(Sc2ncco2)s1. The molecule has 5 heteroatoms. The molecule has 2 aromatic heterocycles. The normalized spacial score (nSPS) is 10.5. The van der Waals surface area contributed by atoms with E-state index in [4.69, 9.17) is 9.52 Å². The Morgan fingerprint density at radius 1 is 1.54 bits per heavy atom. The molecule has 2 heterocycles. The van der Waals surface area contributed by atoms with Crippen molar-refractivity contribution in [1.29, 1.82) is 0 Å². The van der Waals surface area contributed by atoms with Crippen LogP contribution in [0.25, 0.3) is 0 Å². The fourth-order valence-electron chi connectivity index (χ4n) is 0.845. The van der Waals surface area contributed by atoms with Gasteiger partial charge >= 0.3 is 0 Å². The molecule has 0 radical (unpaired) electrons. The Kier molecular flexibility index (Phi) is 2.68. The number of rotatable bonds is 3. The van der Waals surface area contributed by atoms with E-state index in [1.54, 1.807) is 23.8 Å². The van der Waals surface area contributed by atoms with E-state index in [1.165, 1.54) is 11.8 Å². The minimum Gasteiger partial charge on any atom is -0.440 e. The lowest BCUT2D eigenvalue weighted by atomic mass is 10.5. The molecule has 2 aromatic rings. The zero-order valence-electron chi connectivity index (χ0n) is 6.64. The van der Waals surface area contributed by atoms with Gasteiger partial charge in [-0.15, -0.1) is 11.3 Å². The van der Waals surface area contributed by atoms with E-state index in [1.807, 2.05) is 12.1 Å². The van der Waals surface area contributed by atoms with E-state index in [2.05, 4.69) is 4.98 Å². The maximum atomic E-state index is 8.84. The smallest absolute Gasteiger partial charge is 0.261 e. The van der Waals surface area contributed by atoms with E-state index in [0.29, 0.717) is 5.22 Å². The van der Waals surface area contributed by atoms with Gasteiger partial charge in [0.2, 0.25) is 0 Å². The summed E-state index contributed by atoms with van der Waals surface area (Å²) < 4.78 is 6.15. The summed E-state index contributed by atoms with van der Waals surface area (Å²) in [6, 6.07) is 3.85. The Morgan fingerprint density at radius 2 is 2.46 bits per heavy atom. The van der Waals surface area contributed by atoms with Gasteiger partial charge in [-0.2, -0.15) is 0 Å². The van der Waals surface area contributed by atoms with Gasteiger partial charge in [-0.25, -0.2) is 4.98 Å². The van der Waals surface area contributed by atoms with Gasteiger partial charge in [0.05, 0.1) is 17.0 Å². The molecule has 0 atom stereocenters. The molecule has 1 N–H and O–H groups in total. The van der Waals surface area contributed by atoms with Crippen molar-refractivity contribution in [3.63, 3.8) is 0 Å². The second-order valence-electron chi connectivity index (χ2n) is 2.28. The number of oxazole rings is 1. The lowest BCUT2D eigenvalue weighted by molar-refractivity contribution is 0.285. The predicted molar refractivity (Wildman–Crippen MR) is 50.9 cm³/mol. The van der Waals surface area contributed by atoms with Crippen LogP contribution in [0.4, 0.5) is 0 Å². The highest BCUT2D eigenvalue weighted by atomic mass is 32.2. The standard InChI is InChI=1S/C8H7NO2S2/c10-5-6-1-2-7(12-6)13-8-9-3-4-11-8/h1-4,10H,5H2. The first kappa shape index (κ1) is 8.80. The number of aliphatic hydroxyl groups excluding tert-OH is 1. The van der Waals surface area contributed by atoms with Crippen molar-refractivity contribution in [2.45, 2.75) is 16.0 Å². The number of thiophene rings is 1. The summed E-state index contributed by atoms with van der Waals surface area (Å²) in [6.07, 6.45) is 3.16. The number of aliphatic hydroxyl groups is 1. The van der Waals surface area contributed by atoms with Crippen LogP contribution in [0.5, 0.6) is 0 Å². The first-order chi connectivity index (χ1) is 6.38. The molecule has 0 saturated heterocycles. The molecule has 0 aliphatic carbocycles. The fourth-order valence-corrected chi connectivity index (χ4v) is 2.67. The average Bonchev–Trinajstić information content (AvgIpc) is 2.76. The number of hydrogen-bond acceptors (Lipinski definition) is 5. The van der Waals surface area contributed by atoms with Crippen LogP contribution < -0.4 is 0 Å². The maximum absolute atomic E-state index is 8.84. The average molecular weight is 213 g/mol. The van der Waals surface area contributed by atoms with Gasteiger partial charge in [0.1, 0.15) is 6.26 Å². The van der Waals surface area contributed by atoms with Gasteiger partial charge in [0, 0.05) is 4.88 Å². The largest absolute Gasteiger partial charge is 0.440 e. The van der Waals surface area contributed by atoms with Gasteiger partial charge < -0.3 is 9.52 Å². The summed E-state index contributed by atoms with van der Waals surface area (Å²) in [5, 5.41) is 9.47. The van der Waals surface area contributed by atoms with Gasteiger partial charge in [-0.3, -0.25) is 0 Å². The first-order valence-electron chi connectivity index (χ1n) is 3.65. The van der Waals surface area contributed by atoms with E-state index < -0.39 is 0 Å². The first-order valence-corrected chi connectivity index (χ1v) is 5.28. The minimum atomic E-state index is 0.0941. The summed E-state index contributed by atoms with van der Waals surface area (Å²) in [7, 11) is 0. The Hall–Kier alpha value is -0.780. The molecule has 0 spiro atoms. The van der Waals surface area contributed by atoms with E-state index in [-0.39, 0.29) is 6.61 Å². The van der Waals surface area contributed by atoms with Crippen LogP contribution in [-0.4, -0.2) is 10.1 Å². The third-order valence-electron chi connectivity index (χ3n) is 1.39. The highest BCUT2D eigenvalue weighted by Gasteiger charge is 2.04. The Balaban J connectivity index is 2.10. The molecule has 2 rings (SSSR count). The molecule has 0 saturated carbocycles. The number of aromatic nitrogens is 1. The summed E-state index contributed by atoms with van der Waals surface area (Å²) in [6.45, 7) is 0.0941. The van der Waals surface area contributed by atoms with Gasteiger partial charge in [-0.1, -0.05) is 0 Å². The molecule has 13 heavy (non-hydrogen) atoms. The predicted octanol–water partition coefficient (Wildman–Crippen LogP) is 2.38.